The molecule has 2 rings (SSSR count). The number of hydrogen-bond acceptors (Lipinski definition) is 4. The highest BCUT2D eigenvalue weighted by Crippen LogP contribution is 2.26. The highest BCUT2D eigenvalue weighted by Gasteiger charge is 2.21. The average molecular weight is 384 g/mol. The van der Waals surface area contributed by atoms with E-state index in [1.165, 1.54) is 0 Å². The van der Waals surface area contributed by atoms with Gasteiger partial charge >= 0.3 is 0 Å². The minimum Gasteiger partial charge on any atom is -0.345 e. The number of rotatable bonds is 6. The van der Waals surface area contributed by atoms with E-state index in [4.69, 9.17) is 5.73 Å². The summed E-state index contributed by atoms with van der Waals surface area (Å²) in [6, 6.07) is 6.07. The molecule has 0 unspecified atom stereocenters. The first kappa shape index (κ1) is 17.4. The molecule has 1 heterocycles. The molecule has 0 atom stereocenters. The van der Waals surface area contributed by atoms with Crippen LogP contribution in [0, 0.1) is 5.41 Å². The minimum absolute atomic E-state index is 0.0491. The molecule has 1 aromatic carbocycles. The number of fused-ring (bicyclic) bond motifs is 1. The summed E-state index contributed by atoms with van der Waals surface area (Å²) in [5.41, 5.74) is 6.66. The predicted octanol–water partition coefficient (Wildman–Crippen LogP) is 3.43. The van der Waals surface area contributed by atoms with Crippen LogP contribution in [0.5, 0.6) is 0 Å². The molecule has 2 N–H and O–H groups in total. The number of aromatic nitrogens is 1. The van der Waals surface area contributed by atoms with E-state index in [0.717, 1.165) is 19.7 Å². The lowest BCUT2D eigenvalue weighted by Crippen LogP contribution is -2.39. The van der Waals surface area contributed by atoms with Gasteiger partial charge in [0.25, 0.3) is 0 Å². The van der Waals surface area contributed by atoms with E-state index in [1.54, 1.807) is 16.2 Å². The number of carbonyl (C=O) groups excluding carboxylic acids is 1. The first-order chi connectivity index (χ1) is 10.3. The molecule has 0 aliphatic carbocycles. The predicted molar refractivity (Wildman–Crippen MR) is 96.1 cm³/mol. The van der Waals surface area contributed by atoms with Crippen LogP contribution < -0.4 is 5.73 Å². The van der Waals surface area contributed by atoms with Crippen molar-refractivity contribution in [3.63, 3.8) is 0 Å². The summed E-state index contributed by atoms with van der Waals surface area (Å²) in [5.74, 6) is 0.141. The van der Waals surface area contributed by atoms with Crippen molar-refractivity contribution in [2.45, 2.75) is 26.7 Å². The normalized spacial score (nSPS) is 11.9. The van der Waals surface area contributed by atoms with Gasteiger partial charge in [-0.2, -0.15) is 0 Å². The first-order valence-corrected chi connectivity index (χ1v) is 8.91. The molecule has 22 heavy (non-hydrogen) atoms. The maximum atomic E-state index is 12.2. The van der Waals surface area contributed by atoms with Crippen LogP contribution in [0.3, 0.4) is 0 Å². The average Bonchev–Trinajstić information content (AvgIpc) is 2.86. The van der Waals surface area contributed by atoms with Gasteiger partial charge in [-0.3, -0.25) is 4.79 Å². The number of aryl methyl sites for hydroxylation is 1. The maximum absolute atomic E-state index is 12.2. The molecule has 0 fully saturated rings. The Kier molecular flexibility index (Phi) is 5.58. The molecule has 1 amide bonds. The van der Waals surface area contributed by atoms with Crippen LogP contribution in [0.4, 0.5) is 0 Å². The van der Waals surface area contributed by atoms with Crippen molar-refractivity contribution >= 4 is 43.4 Å². The van der Waals surface area contributed by atoms with Gasteiger partial charge in [0.05, 0.1) is 15.2 Å². The molecule has 0 aliphatic rings. The fraction of sp³-hybridized carbons (Fsp3) is 0.500. The topological polar surface area (TPSA) is 59.2 Å². The van der Waals surface area contributed by atoms with E-state index in [1.807, 2.05) is 19.2 Å². The van der Waals surface area contributed by atoms with Crippen LogP contribution in [0.1, 0.15) is 25.3 Å². The van der Waals surface area contributed by atoms with E-state index < -0.39 is 0 Å². The van der Waals surface area contributed by atoms with E-state index in [9.17, 15) is 4.79 Å². The second-order valence-corrected chi connectivity index (χ2v) is 8.37. The third kappa shape index (κ3) is 4.51. The lowest BCUT2D eigenvalue weighted by atomic mass is 9.93. The van der Waals surface area contributed by atoms with Crippen LogP contribution in [-0.2, 0) is 11.2 Å². The van der Waals surface area contributed by atoms with Crippen LogP contribution in [0.15, 0.2) is 22.7 Å². The number of benzene rings is 1. The second kappa shape index (κ2) is 7.06. The van der Waals surface area contributed by atoms with E-state index in [2.05, 4.69) is 40.8 Å². The summed E-state index contributed by atoms with van der Waals surface area (Å²) < 4.78 is 2.18. The van der Waals surface area contributed by atoms with Crippen molar-refractivity contribution < 1.29 is 4.79 Å². The molecule has 0 radical (unpaired) electrons. The van der Waals surface area contributed by atoms with Crippen LogP contribution >= 0.6 is 27.3 Å². The van der Waals surface area contributed by atoms with Gasteiger partial charge in [0.15, 0.2) is 0 Å². The standard InChI is InChI=1S/C16H22BrN3OS/c1-16(2,9-18)10-20(3)15(21)7-6-14-19-12-8-11(17)4-5-13(12)22-14/h4-5,8H,6-7,9-10,18H2,1-3H3. The molecule has 0 bridgehead atoms. The second-order valence-electron chi connectivity index (χ2n) is 6.34. The van der Waals surface area contributed by atoms with Gasteiger partial charge in [-0.1, -0.05) is 29.8 Å². The van der Waals surface area contributed by atoms with Crippen LogP contribution in [0.25, 0.3) is 10.2 Å². The number of nitrogens with zero attached hydrogens (tertiary/aromatic N) is 2. The molecule has 4 nitrogen and oxygen atoms in total. The van der Waals surface area contributed by atoms with Gasteiger partial charge in [0.1, 0.15) is 0 Å². The Morgan fingerprint density at radius 3 is 2.86 bits per heavy atom. The number of hydrogen-bond donors (Lipinski definition) is 1. The molecular weight excluding hydrogens is 362 g/mol. The summed E-state index contributed by atoms with van der Waals surface area (Å²) >= 11 is 5.11. The van der Waals surface area contributed by atoms with Crippen molar-refractivity contribution in [3.8, 4) is 0 Å². The van der Waals surface area contributed by atoms with Gasteiger partial charge in [-0.25, -0.2) is 4.98 Å². The fourth-order valence-corrected chi connectivity index (χ4v) is 3.55. The molecule has 0 saturated carbocycles. The van der Waals surface area contributed by atoms with Crippen molar-refractivity contribution in [2.24, 2.45) is 11.1 Å². The highest BCUT2D eigenvalue weighted by molar-refractivity contribution is 9.10. The number of nitrogens with two attached hydrogens (primary N) is 1. The van der Waals surface area contributed by atoms with Gasteiger partial charge in [-0.15, -0.1) is 11.3 Å². The molecule has 0 aliphatic heterocycles. The number of carbonyl (C=O) groups is 1. The molecular formula is C16H22BrN3OS. The zero-order valence-electron chi connectivity index (χ0n) is 13.2. The minimum atomic E-state index is -0.0491. The summed E-state index contributed by atoms with van der Waals surface area (Å²) in [6.45, 7) is 5.39. The van der Waals surface area contributed by atoms with Crippen molar-refractivity contribution in [3.05, 3.63) is 27.7 Å². The van der Waals surface area contributed by atoms with Gasteiger partial charge < -0.3 is 10.6 Å². The lowest BCUT2D eigenvalue weighted by Gasteiger charge is -2.29. The Morgan fingerprint density at radius 1 is 1.45 bits per heavy atom. The molecule has 120 valence electrons. The Morgan fingerprint density at radius 2 is 2.18 bits per heavy atom. The van der Waals surface area contributed by atoms with E-state index in [0.29, 0.717) is 25.9 Å². The molecule has 0 spiro atoms. The summed E-state index contributed by atoms with van der Waals surface area (Å²) in [7, 11) is 1.84. The molecule has 6 heteroatoms. The number of thiazole rings is 1. The zero-order valence-corrected chi connectivity index (χ0v) is 15.6. The van der Waals surface area contributed by atoms with Crippen molar-refractivity contribution in [2.75, 3.05) is 20.1 Å². The fourth-order valence-electron chi connectivity index (χ4n) is 2.25. The summed E-state index contributed by atoms with van der Waals surface area (Å²) in [4.78, 5) is 18.6. The van der Waals surface area contributed by atoms with Gasteiger partial charge in [0.2, 0.25) is 5.91 Å². The van der Waals surface area contributed by atoms with Crippen LogP contribution in [0.2, 0.25) is 0 Å². The van der Waals surface area contributed by atoms with Crippen molar-refractivity contribution in [1.82, 2.24) is 9.88 Å². The lowest BCUT2D eigenvalue weighted by molar-refractivity contribution is -0.131. The van der Waals surface area contributed by atoms with Gasteiger partial charge in [-0.05, 0) is 30.2 Å². The number of halogens is 1. The Balaban J connectivity index is 1.94. The monoisotopic (exact) mass is 383 g/mol. The highest BCUT2D eigenvalue weighted by atomic mass is 79.9. The van der Waals surface area contributed by atoms with Crippen molar-refractivity contribution in [1.29, 1.82) is 0 Å². The Hall–Kier alpha value is -0.980. The molecule has 0 saturated heterocycles. The van der Waals surface area contributed by atoms with E-state index >= 15 is 0 Å². The molecule has 2 aromatic rings. The Bertz CT molecular complexity index is 668. The van der Waals surface area contributed by atoms with Gasteiger partial charge in [0, 0.05) is 30.9 Å². The zero-order chi connectivity index (χ0) is 16.3. The Labute approximate surface area is 143 Å². The quantitative estimate of drug-likeness (QED) is 0.830. The summed E-state index contributed by atoms with van der Waals surface area (Å²) in [6.07, 6.45) is 1.17. The smallest absolute Gasteiger partial charge is 0.222 e. The van der Waals surface area contributed by atoms with E-state index in [-0.39, 0.29) is 11.3 Å². The summed E-state index contributed by atoms with van der Waals surface area (Å²) in [5, 5.41) is 1.01. The van der Waals surface area contributed by atoms with Crippen LogP contribution in [-0.4, -0.2) is 35.9 Å². The SMILES string of the molecule is CN(CC(C)(C)CN)C(=O)CCc1nc2cc(Br)ccc2s1. The largest absolute Gasteiger partial charge is 0.345 e. The first-order valence-electron chi connectivity index (χ1n) is 7.30. The number of amides is 1. The maximum Gasteiger partial charge on any atom is 0.222 e. The third-order valence-corrected chi connectivity index (χ3v) is 5.18. The third-order valence-electron chi connectivity index (χ3n) is 3.59. The molecule has 1 aromatic heterocycles.